The van der Waals surface area contributed by atoms with Crippen molar-refractivity contribution in [3.8, 4) is 5.75 Å². The summed E-state index contributed by atoms with van der Waals surface area (Å²) in [5, 5.41) is 19.1. The normalized spacial score (nSPS) is 21.4. The predicted octanol–water partition coefficient (Wildman–Crippen LogP) is 4.43. The van der Waals surface area contributed by atoms with Crippen molar-refractivity contribution in [3.05, 3.63) is 89.3 Å². The number of phenols is 1. The summed E-state index contributed by atoms with van der Waals surface area (Å²) in [5.74, 6) is 0.605. The van der Waals surface area contributed by atoms with Gasteiger partial charge in [-0.25, -0.2) is 0 Å². The summed E-state index contributed by atoms with van der Waals surface area (Å²) in [6.07, 6.45) is 14.0. The molecule has 0 saturated carbocycles. The number of allylic oxidation sites excluding steroid dienone is 9. The van der Waals surface area contributed by atoms with Crippen LogP contribution >= 0.6 is 0 Å². The highest BCUT2D eigenvalue weighted by atomic mass is 16.3. The van der Waals surface area contributed by atoms with E-state index in [4.69, 9.17) is 0 Å². The van der Waals surface area contributed by atoms with Crippen LogP contribution in [0.15, 0.2) is 83.7 Å². The largest absolute Gasteiger partial charge is 0.508 e. The quantitative estimate of drug-likeness (QED) is 0.866. The monoisotopic (exact) mass is 320 g/mol. The van der Waals surface area contributed by atoms with Gasteiger partial charge in [0.05, 0.1) is 0 Å². The molecule has 3 nitrogen and oxygen atoms in total. The van der Waals surface area contributed by atoms with Gasteiger partial charge in [-0.1, -0.05) is 36.4 Å². The van der Waals surface area contributed by atoms with E-state index in [0.717, 1.165) is 16.7 Å². The molecule has 1 unspecified atom stereocenters. The minimum Gasteiger partial charge on any atom is -0.508 e. The minimum atomic E-state index is -0.425. The number of ketones is 1. The molecular formula is C21H20O3. The van der Waals surface area contributed by atoms with E-state index < -0.39 is 5.41 Å². The number of aromatic hydroxyl groups is 1. The predicted molar refractivity (Wildman–Crippen MR) is 94.9 cm³/mol. The van der Waals surface area contributed by atoms with Crippen molar-refractivity contribution in [1.82, 2.24) is 0 Å². The molecule has 2 aliphatic rings. The maximum atomic E-state index is 11.5. The lowest BCUT2D eigenvalue weighted by molar-refractivity contribution is -0.113. The average molecular weight is 320 g/mol. The van der Waals surface area contributed by atoms with Crippen molar-refractivity contribution in [3.63, 3.8) is 0 Å². The molecule has 0 saturated heterocycles. The molecule has 0 amide bonds. The van der Waals surface area contributed by atoms with Crippen LogP contribution < -0.4 is 0 Å². The summed E-state index contributed by atoms with van der Waals surface area (Å²) in [4.78, 5) is 11.5. The summed E-state index contributed by atoms with van der Waals surface area (Å²) in [7, 11) is 0. The van der Waals surface area contributed by atoms with Crippen molar-refractivity contribution in [2.45, 2.75) is 25.2 Å². The third-order valence-corrected chi connectivity index (χ3v) is 4.53. The summed E-state index contributed by atoms with van der Waals surface area (Å²) in [6, 6.07) is 7.15. The van der Waals surface area contributed by atoms with E-state index in [2.05, 4.69) is 13.0 Å². The lowest BCUT2D eigenvalue weighted by Gasteiger charge is -2.31. The average Bonchev–Trinajstić information content (AvgIpc) is 2.58. The number of hydrogen-bond donors (Lipinski definition) is 2. The molecule has 1 aromatic carbocycles. The van der Waals surface area contributed by atoms with Gasteiger partial charge in [0.2, 0.25) is 0 Å². The fraction of sp³-hybridized carbons (Fsp3) is 0.190. The van der Waals surface area contributed by atoms with Crippen LogP contribution in [0.5, 0.6) is 5.75 Å². The molecule has 0 aromatic heterocycles. The van der Waals surface area contributed by atoms with E-state index in [0.29, 0.717) is 12.8 Å². The molecular weight excluding hydrogens is 300 g/mol. The molecule has 1 atom stereocenters. The Morgan fingerprint density at radius 3 is 2.29 bits per heavy atom. The van der Waals surface area contributed by atoms with Gasteiger partial charge in [0, 0.05) is 11.8 Å². The second kappa shape index (κ2) is 6.36. The molecule has 1 aromatic rings. The number of carbonyl (C=O) groups is 1. The van der Waals surface area contributed by atoms with Gasteiger partial charge in [-0.15, -0.1) is 0 Å². The first-order chi connectivity index (χ1) is 11.5. The molecule has 3 rings (SSSR count). The summed E-state index contributed by atoms with van der Waals surface area (Å²) in [5.41, 5.74) is 2.75. The van der Waals surface area contributed by atoms with E-state index >= 15 is 0 Å². The van der Waals surface area contributed by atoms with Gasteiger partial charge in [0.1, 0.15) is 11.5 Å². The number of hydrogen-bond acceptors (Lipinski definition) is 3. The fourth-order valence-electron chi connectivity index (χ4n) is 3.08. The third kappa shape index (κ3) is 3.25. The lowest BCUT2D eigenvalue weighted by Crippen LogP contribution is -2.23. The summed E-state index contributed by atoms with van der Waals surface area (Å²) in [6.45, 7) is 2.10. The van der Waals surface area contributed by atoms with Gasteiger partial charge in [0.15, 0.2) is 5.78 Å². The number of benzene rings is 1. The second-order valence-corrected chi connectivity index (χ2v) is 6.30. The van der Waals surface area contributed by atoms with Crippen LogP contribution in [0.4, 0.5) is 0 Å². The SMILES string of the molecule is CC(/C=C1/C=CC(O)=CC1)(C1=CCC(=O)C=C1)c1ccc(O)cc1. The Bertz CT molecular complexity index is 804. The van der Waals surface area contributed by atoms with Crippen molar-refractivity contribution in [1.29, 1.82) is 0 Å². The standard InChI is InChI=1S/C21H20O3/c1-21(16-4-10-19(23)11-5-16,17-6-12-20(24)13-7-17)14-15-2-8-18(22)9-3-15/h2,4-12,14,22-23H,3,13H2,1H3/b15-14-. The van der Waals surface area contributed by atoms with E-state index in [1.165, 1.54) is 0 Å². The highest BCUT2D eigenvalue weighted by Gasteiger charge is 2.29. The molecule has 0 bridgehead atoms. The van der Waals surface area contributed by atoms with Crippen molar-refractivity contribution < 1.29 is 15.0 Å². The zero-order valence-electron chi connectivity index (χ0n) is 13.6. The van der Waals surface area contributed by atoms with Crippen LogP contribution in [0.2, 0.25) is 0 Å². The Hall–Kier alpha value is -2.81. The molecule has 3 heteroatoms. The van der Waals surface area contributed by atoms with E-state index in [1.54, 1.807) is 30.4 Å². The third-order valence-electron chi connectivity index (χ3n) is 4.53. The molecule has 0 aliphatic heterocycles. The maximum Gasteiger partial charge on any atom is 0.159 e. The van der Waals surface area contributed by atoms with Crippen LogP contribution in [0, 0.1) is 0 Å². The molecule has 2 N–H and O–H groups in total. The molecule has 122 valence electrons. The van der Waals surface area contributed by atoms with Gasteiger partial charge in [-0.05, 0) is 60.4 Å². The Morgan fingerprint density at radius 2 is 1.71 bits per heavy atom. The van der Waals surface area contributed by atoms with Crippen LogP contribution in [-0.2, 0) is 10.2 Å². The molecule has 2 aliphatic carbocycles. The summed E-state index contributed by atoms with van der Waals surface area (Å²) < 4.78 is 0. The smallest absolute Gasteiger partial charge is 0.159 e. The topological polar surface area (TPSA) is 57.5 Å². The first-order valence-corrected chi connectivity index (χ1v) is 7.97. The van der Waals surface area contributed by atoms with Gasteiger partial charge < -0.3 is 10.2 Å². The maximum absolute atomic E-state index is 11.5. The van der Waals surface area contributed by atoms with Gasteiger partial charge in [0.25, 0.3) is 0 Å². The van der Waals surface area contributed by atoms with Crippen LogP contribution in [0.3, 0.4) is 0 Å². The Labute approximate surface area is 141 Å². The van der Waals surface area contributed by atoms with Crippen molar-refractivity contribution >= 4 is 5.78 Å². The number of aliphatic hydroxyl groups excluding tert-OH is 1. The highest BCUT2D eigenvalue weighted by molar-refractivity contribution is 5.93. The van der Waals surface area contributed by atoms with Crippen LogP contribution in [0.1, 0.15) is 25.3 Å². The molecule has 0 fully saturated rings. The Balaban J connectivity index is 2.06. The van der Waals surface area contributed by atoms with E-state index in [1.807, 2.05) is 30.4 Å². The number of carbonyl (C=O) groups excluding carboxylic acids is 1. The van der Waals surface area contributed by atoms with Crippen molar-refractivity contribution in [2.24, 2.45) is 0 Å². The van der Waals surface area contributed by atoms with Gasteiger partial charge >= 0.3 is 0 Å². The first-order valence-electron chi connectivity index (χ1n) is 7.97. The number of aliphatic hydroxyl groups is 1. The van der Waals surface area contributed by atoms with Crippen molar-refractivity contribution in [2.75, 3.05) is 0 Å². The molecule has 0 heterocycles. The Kier molecular flexibility index (Phi) is 4.26. The zero-order chi connectivity index (χ0) is 17.2. The zero-order valence-corrected chi connectivity index (χ0v) is 13.6. The first kappa shape index (κ1) is 16.1. The van der Waals surface area contributed by atoms with Gasteiger partial charge in [-0.3, -0.25) is 4.79 Å². The molecule has 0 radical (unpaired) electrons. The van der Waals surface area contributed by atoms with E-state index in [9.17, 15) is 15.0 Å². The lowest BCUT2D eigenvalue weighted by atomic mass is 9.72. The number of rotatable bonds is 3. The summed E-state index contributed by atoms with van der Waals surface area (Å²) >= 11 is 0. The second-order valence-electron chi connectivity index (χ2n) is 6.30. The molecule has 24 heavy (non-hydrogen) atoms. The van der Waals surface area contributed by atoms with E-state index in [-0.39, 0.29) is 17.3 Å². The fourth-order valence-corrected chi connectivity index (χ4v) is 3.08. The van der Waals surface area contributed by atoms with Gasteiger partial charge in [-0.2, -0.15) is 0 Å². The molecule has 0 spiro atoms. The highest BCUT2D eigenvalue weighted by Crippen LogP contribution is 2.38. The van der Waals surface area contributed by atoms with Crippen LogP contribution in [0.25, 0.3) is 0 Å². The number of phenolic OH excluding ortho intramolecular Hbond substituents is 1. The minimum absolute atomic E-state index is 0.102. The Morgan fingerprint density at radius 1 is 0.958 bits per heavy atom. The van der Waals surface area contributed by atoms with Crippen LogP contribution in [-0.4, -0.2) is 16.0 Å².